The molecule has 0 aromatic carbocycles. The summed E-state index contributed by atoms with van der Waals surface area (Å²) in [5.74, 6) is 0.868. The highest BCUT2D eigenvalue weighted by Gasteiger charge is 2.40. The molecule has 0 radical (unpaired) electrons. The van der Waals surface area contributed by atoms with Crippen molar-refractivity contribution >= 4 is 0 Å². The molecule has 0 spiro atoms. The zero-order valence-electron chi connectivity index (χ0n) is 14.0. The molecule has 122 valence electrons. The SMILES string of the molecule is C1CCC(C2(OCCN3CCCCC3)CCCCC2)CC1. The van der Waals surface area contributed by atoms with Crippen LogP contribution in [-0.2, 0) is 4.74 Å². The minimum absolute atomic E-state index is 0.272. The van der Waals surface area contributed by atoms with Crippen molar-refractivity contribution in [2.45, 2.75) is 89.1 Å². The molecule has 0 bridgehead atoms. The van der Waals surface area contributed by atoms with E-state index >= 15 is 0 Å². The molecule has 0 amide bonds. The molecule has 0 unspecified atom stereocenters. The molecule has 2 heteroatoms. The van der Waals surface area contributed by atoms with Crippen LogP contribution in [0.2, 0.25) is 0 Å². The first-order valence-electron chi connectivity index (χ1n) is 9.75. The molecule has 2 aliphatic carbocycles. The molecule has 0 aromatic heterocycles. The molecule has 0 aromatic rings. The van der Waals surface area contributed by atoms with Crippen LogP contribution in [0.15, 0.2) is 0 Å². The van der Waals surface area contributed by atoms with Crippen molar-refractivity contribution in [1.82, 2.24) is 4.90 Å². The van der Waals surface area contributed by atoms with Crippen molar-refractivity contribution in [3.8, 4) is 0 Å². The van der Waals surface area contributed by atoms with Gasteiger partial charge in [-0.3, -0.25) is 0 Å². The van der Waals surface area contributed by atoms with Crippen LogP contribution in [0.3, 0.4) is 0 Å². The van der Waals surface area contributed by atoms with Crippen molar-refractivity contribution < 1.29 is 4.74 Å². The number of nitrogens with zero attached hydrogens (tertiary/aromatic N) is 1. The third kappa shape index (κ3) is 4.22. The number of rotatable bonds is 5. The molecule has 3 fully saturated rings. The van der Waals surface area contributed by atoms with E-state index in [2.05, 4.69) is 4.90 Å². The van der Waals surface area contributed by atoms with E-state index in [0.717, 1.165) is 12.5 Å². The Morgan fingerprint density at radius 1 is 0.762 bits per heavy atom. The van der Waals surface area contributed by atoms with E-state index in [1.165, 1.54) is 103 Å². The molecule has 1 saturated heterocycles. The largest absolute Gasteiger partial charge is 0.373 e. The topological polar surface area (TPSA) is 12.5 Å². The van der Waals surface area contributed by atoms with Crippen LogP contribution in [0, 0.1) is 5.92 Å². The van der Waals surface area contributed by atoms with Gasteiger partial charge in [0.1, 0.15) is 0 Å². The van der Waals surface area contributed by atoms with Gasteiger partial charge in [-0.05, 0) is 57.5 Å². The predicted octanol–water partition coefficient (Wildman–Crippen LogP) is 4.77. The van der Waals surface area contributed by atoms with Crippen molar-refractivity contribution in [2.24, 2.45) is 5.92 Å². The summed E-state index contributed by atoms with van der Waals surface area (Å²) in [7, 11) is 0. The van der Waals surface area contributed by atoms with Crippen LogP contribution in [0.25, 0.3) is 0 Å². The third-order valence-corrected chi connectivity index (χ3v) is 6.29. The van der Waals surface area contributed by atoms with Gasteiger partial charge >= 0.3 is 0 Å². The van der Waals surface area contributed by atoms with Crippen LogP contribution in [0.4, 0.5) is 0 Å². The third-order valence-electron chi connectivity index (χ3n) is 6.29. The van der Waals surface area contributed by atoms with Crippen molar-refractivity contribution in [3.63, 3.8) is 0 Å². The number of piperidine rings is 1. The van der Waals surface area contributed by atoms with Crippen LogP contribution in [0.1, 0.15) is 83.5 Å². The minimum Gasteiger partial charge on any atom is -0.373 e. The molecule has 1 aliphatic heterocycles. The summed E-state index contributed by atoms with van der Waals surface area (Å²) in [4.78, 5) is 2.63. The Hall–Kier alpha value is -0.0800. The smallest absolute Gasteiger partial charge is 0.0711 e. The Morgan fingerprint density at radius 3 is 2.10 bits per heavy atom. The fourth-order valence-electron chi connectivity index (χ4n) is 5.01. The lowest BCUT2D eigenvalue weighted by atomic mass is 9.69. The summed E-state index contributed by atoms with van der Waals surface area (Å²) in [6.07, 6.45) is 18.4. The highest BCUT2D eigenvalue weighted by molar-refractivity contribution is 4.92. The summed E-state index contributed by atoms with van der Waals surface area (Å²) >= 11 is 0. The van der Waals surface area contributed by atoms with E-state index in [1.54, 1.807) is 0 Å². The molecule has 2 nitrogen and oxygen atoms in total. The molecule has 2 saturated carbocycles. The van der Waals surface area contributed by atoms with Gasteiger partial charge < -0.3 is 9.64 Å². The van der Waals surface area contributed by atoms with Gasteiger partial charge in [0, 0.05) is 6.54 Å². The number of ether oxygens (including phenoxy) is 1. The number of hydrogen-bond acceptors (Lipinski definition) is 2. The maximum absolute atomic E-state index is 6.67. The highest BCUT2D eigenvalue weighted by Crippen LogP contribution is 2.44. The van der Waals surface area contributed by atoms with Gasteiger partial charge in [0.2, 0.25) is 0 Å². The summed E-state index contributed by atoms with van der Waals surface area (Å²) in [6.45, 7) is 4.77. The van der Waals surface area contributed by atoms with E-state index in [9.17, 15) is 0 Å². The molecular formula is C19H35NO. The molecule has 21 heavy (non-hydrogen) atoms. The van der Waals surface area contributed by atoms with Crippen molar-refractivity contribution in [3.05, 3.63) is 0 Å². The van der Waals surface area contributed by atoms with Gasteiger partial charge in [-0.1, -0.05) is 44.9 Å². The average molecular weight is 293 g/mol. The van der Waals surface area contributed by atoms with Gasteiger partial charge in [0.25, 0.3) is 0 Å². The number of likely N-dealkylation sites (tertiary alicyclic amines) is 1. The summed E-state index contributed by atoms with van der Waals surface area (Å²) < 4.78 is 6.67. The van der Waals surface area contributed by atoms with Gasteiger partial charge in [-0.2, -0.15) is 0 Å². The van der Waals surface area contributed by atoms with E-state index in [1.807, 2.05) is 0 Å². The Kier molecular flexibility index (Phi) is 5.99. The fourth-order valence-corrected chi connectivity index (χ4v) is 5.01. The van der Waals surface area contributed by atoms with Gasteiger partial charge in [-0.15, -0.1) is 0 Å². The zero-order chi connectivity index (χ0) is 14.4. The fraction of sp³-hybridized carbons (Fsp3) is 1.00. The lowest BCUT2D eigenvalue weighted by Gasteiger charge is -2.45. The molecule has 3 aliphatic rings. The summed E-state index contributed by atoms with van der Waals surface area (Å²) in [5.41, 5.74) is 0.272. The van der Waals surface area contributed by atoms with Crippen LogP contribution in [-0.4, -0.2) is 36.7 Å². The van der Waals surface area contributed by atoms with E-state index in [-0.39, 0.29) is 5.60 Å². The van der Waals surface area contributed by atoms with Gasteiger partial charge in [0.15, 0.2) is 0 Å². The second-order valence-corrected chi connectivity index (χ2v) is 7.71. The molecule has 3 rings (SSSR count). The second-order valence-electron chi connectivity index (χ2n) is 7.71. The summed E-state index contributed by atoms with van der Waals surface area (Å²) in [6, 6.07) is 0. The average Bonchev–Trinajstić information content (AvgIpc) is 2.58. The lowest BCUT2D eigenvalue weighted by Crippen LogP contribution is -2.45. The first kappa shape index (κ1) is 15.8. The lowest BCUT2D eigenvalue weighted by molar-refractivity contribution is -0.122. The minimum atomic E-state index is 0.272. The zero-order valence-corrected chi connectivity index (χ0v) is 14.0. The quantitative estimate of drug-likeness (QED) is 0.724. The highest BCUT2D eigenvalue weighted by atomic mass is 16.5. The van der Waals surface area contributed by atoms with Crippen molar-refractivity contribution in [2.75, 3.05) is 26.2 Å². The van der Waals surface area contributed by atoms with E-state index in [0.29, 0.717) is 0 Å². The van der Waals surface area contributed by atoms with Crippen LogP contribution in [0.5, 0.6) is 0 Å². The van der Waals surface area contributed by atoms with Gasteiger partial charge in [-0.25, -0.2) is 0 Å². The Bertz CT molecular complexity index is 286. The van der Waals surface area contributed by atoms with Crippen LogP contribution < -0.4 is 0 Å². The number of hydrogen-bond donors (Lipinski definition) is 0. The standard InChI is InChI=1S/C19H35NO/c1-4-10-18(11-5-1)19(12-6-2-7-13-19)21-17-16-20-14-8-3-9-15-20/h18H,1-17H2. The molecule has 1 heterocycles. The monoisotopic (exact) mass is 293 g/mol. The predicted molar refractivity (Wildman–Crippen MR) is 88.6 cm³/mol. The van der Waals surface area contributed by atoms with E-state index < -0.39 is 0 Å². The normalized spacial score (nSPS) is 28.6. The molecule has 0 atom stereocenters. The first-order chi connectivity index (χ1) is 10.4. The Labute approximate surface area is 131 Å². The van der Waals surface area contributed by atoms with Gasteiger partial charge in [0.05, 0.1) is 12.2 Å². The maximum Gasteiger partial charge on any atom is 0.0711 e. The first-order valence-corrected chi connectivity index (χ1v) is 9.75. The Morgan fingerprint density at radius 2 is 1.38 bits per heavy atom. The van der Waals surface area contributed by atoms with Crippen LogP contribution >= 0.6 is 0 Å². The molecular weight excluding hydrogens is 258 g/mol. The second kappa shape index (κ2) is 7.97. The molecule has 0 N–H and O–H groups in total. The maximum atomic E-state index is 6.67. The summed E-state index contributed by atoms with van der Waals surface area (Å²) in [5, 5.41) is 0. The Balaban J connectivity index is 1.51. The van der Waals surface area contributed by atoms with E-state index in [4.69, 9.17) is 4.74 Å². The van der Waals surface area contributed by atoms with Crippen molar-refractivity contribution in [1.29, 1.82) is 0 Å².